The van der Waals surface area contributed by atoms with Crippen LogP contribution in [-0.4, -0.2) is 43.5 Å². The summed E-state index contributed by atoms with van der Waals surface area (Å²) < 4.78 is 10.3. The van der Waals surface area contributed by atoms with Gasteiger partial charge in [-0.3, -0.25) is 4.79 Å². The monoisotopic (exact) mass is 293 g/mol. The van der Waals surface area contributed by atoms with Gasteiger partial charge < -0.3 is 19.9 Å². The number of methoxy groups -OCH3 is 1. The molecule has 0 heterocycles. The third-order valence-corrected chi connectivity index (χ3v) is 2.96. The summed E-state index contributed by atoms with van der Waals surface area (Å²) in [4.78, 5) is 12.0. The van der Waals surface area contributed by atoms with E-state index in [-0.39, 0.29) is 12.5 Å². The van der Waals surface area contributed by atoms with E-state index in [1.807, 2.05) is 0 Å². The molecule has 0 aliphatic rings. The Hall–Kier alpha value is -1.85. The fourth-order valence-corrected chi connectivity index (χ4v) is 1.64. The Bertz CT molecular complexity index is 454. The summed E-state index contributed by atoms with van der Waals surface area (Å²) in [7, 11) is 1.57. The summed E-state index contributed by atoms with van der Waals surface area (Å²) in [6.07, 6.45) is 2.11. The molecule has 0 saturated heterocycles. The smallest absolute Gasteiger partial charge is 0.251 e. The first-order valence-electron chi connectivity index (χ1n) is 6.82. The van der Waals surface area contributed by atoms with Crippen molar-refractivity contribution in [1.29, 1.82) is 0 Å². The lowest BCUT2D eigenvalue weighted by molar-refractivity contribution is 0.0243. The second kappa shape index (κ2) is 8.44. The minimum atomic E-state index is -0.987. The molecule has 0 spiro atoms. The molecule has 0 bridgehead atoms. The van der Waals surface area contributed by atoms with Crippen LogP contribution in [0.25, 0.3) is 0 Å². The van der Waals surface area contributed by atoms with Crippen molar-refractivity contribution in [3.8, 4) is 5.75 Å². The molecule has 0 saturated carbocycles. The van der Waals surface area contributed by atoms with Crippen molar-refractivity contribution in [2.75, 3.05) is 26.9 Å². The van der Waals surface area contributed by atoms with Crippen LogP contribution in [0.5, 0.6) is 5.75 Å². The van der Waals surface area contributed by atoms with E-state index >= 15 is 0 Å². The molecule has 0 fully saturated rings. The lowest BCUT2D eigenvalue weighted by Gasteiger charge is -2.23. The third-order valence-electron chi connectivity index (χ3n) is 2.96. The summed E-state index contributed by atoms with van der Waals surface area (Å²) in [5.74, 6) is 0.446. The quantitative estimate of drug-likeness (QED) is 0.681. The van der Waals surface area contributed by atoms with E-state index < -0.39 is 5.60 Å². The number of nitrogens with one attached hydrogen (secondary N) is 1. The summed E-state index contributed by atoms with van der Waals surface area (Å²) in [6.45, 7) is 6.27. The van der Waals surface area contributed by atoms with Gasteiger partial charge in [0.05, 0.1) is 5.60 Å². The summed E-state index contributed by atoms with van der Waals surface area (Å²) in [5, 5.41) is 12.8. The molecule has 0 aliphatic heterocycles. The van der Waals surface area contributed by atoms with Gasteiger partial charge in [-0.15, -0.1) is 0 Å². The fourth-order valence-electron chi connectivity index (χ4n) is 1.64. The summed E-state index contributed by atoms with van der Waals surface area (Å²) in [6, 6.07) is 6.80. The number of carbonyl (C=O) groups is 1. The molecule has 1 aromatic rings. The van der Waals surface area contributed by atoms with Gasteiger partial charge in [-0.1, -0.05) is 12.7 Å². The molecule has 1 unspecified atom stereocenters. The first-order chi connectivity index (χ1) is 9.98. The standard InChI is InChI=1S/C16H23NO4/c1-4-10-21-14-7-5-13(6-8-14)15(18)17-12-16(2,19)9-11-20-3/h4-8,19H,1,9-12H2,2-3H3,(H,17,18). The molecule has 1 rings (SSSR count). The van der Waals surface area contributed by atoms with Gasteiger partial charge in [0.2, 0.25) is 0 Å². The number of ether oxygens (including phenoxy) is 2. The Balaban J connectivity index is 2.49. The number of carbonyl (C=O) groups excluding carboxylic acids is 1. The zero-order chi connectivity index (χ0) is 15.7. The van der Waals surface area contributed by atoms with Gasteiger partial charge in [0, 0.05) is 32.2 Å². The Morgan fingerprint density at radius 1 is 1.43 bits per heavy atom. The van der Waals surface area contributed by atoms with Crippen LogP contribution in [0, 0.1) is 0 Å². The van der Waals surface area contributed by atoms with Crippen molar-refractivity contribution in [1.82, 2.24) is 5.32 Å². The predicted octanol–water partition coefficient (Wildman–Crippen LogP) is 1.77. The number of benzene rings is 1. The van der Waals surface area contributed by atoms with E-state index in [1.54, 1.807) is 44.4 Å². The predicted molar refractivity (Wildman–Crippen MR) is 81.6 cm³/mol. The Morgan fingerprint density at radius 2 is 2.10 bits per heavy atom. The van der Waals surface area contributed by atoms with Crippen molar-refractivity contribution >= 4 is 5.91 Å². The molecule has 5 heteroatoms. The van der Waals surface area contributed by atoms with Gasteiger partial charge >= 0.3 is 0 Å². The number of hydrogen-bond acceptors (Lipinski definition) is 4. The molecular weight excluding hydrogens is 270 g/mol. The van der Waals surface area contributed by atoms with Gasteiger partial charge in [0.25, 0.3) is 5.91 Å². The van der Waals surface area contributed by atoms with Gasteiger partial charge in [-0.25, -0.2) is 0 Å². The van der Waals surface area contributed by atoms with Gasteiger partial charge in [-0.05, 0) is 31.2 Å². The molecule has 1 amide bonds. The highest BCUT2D eigenvalue weighted by molar-refractivity contribution is 5.94. The van der Waals surface area contributed by atoms with Crippen molar-refractivity contribution < 1.29 is 19.4 Å². The Kier molecular flexibility index (Phi) is 6.91. The lowest BCUT2D eigenvalue weighted by Crippen LogP contribution is -2.41. The van der Waals surface area contributed by atoms with Crippen LogP contribution in [0.2, 0.25) is 0 Å². The maximum Gasteiger partial charge on any atom is 0.251 e. The minimum absolute atomic E-state index is 0.171. The fraction of sp³-hybridized carbons (Fsp3) is 0.438. The number of rotatable bonds is 9. The molecule has 2 N–H and O–H groups in total. The molecule has 116 valence electrons. The molecule has 0 aromatic heterocycles. The van der Waals surface area contributed by atoms with Crippen molar-refractivity contribution in [3.63, 3.8) is 0 Å². The number of aliphatic hydroxyl groups is 1. The van der Waals surface area contributed by atoms with E-state index in [1.165, 1.54) is 0 Å². The van der Waals surface area contributed by atoms with Gasteiger partial charge in [0.15, 0.2) is 0 Å². The Labute approximate surface area is 125 Å². The molecule has 1 atom stereocenters. The van der Waals surface area contributed by atoms with Gasteiger partial charge in [0.1, 0.15) is 12.4 Å². The van der Waals surface area contributed by atoms with Crippen LogP contribution in [0.1, 0.15) is 23.7 Å². The molecular formula is C16H23NO4. The van der Waals surface area contributed by atoms with Crippen LogP contribution in [0.4, 0.5) is 0 Å². The largest absolute Gasteiger partial charge is 0.490 e. The van der Waals surface area contributed by atoms with Crippen LogP contribution < -0.4 is 10.1 Å². The SMILES string of the molecule is C=CCOc1ccc(C(=O)NCC(C)(O)CCOC)cc1. The molecule has 0 aliphatic carbocycles. The zero-order valence-corrected chi connectivity index (χ0v) is 12.6. The molecule has 5 nitrogen and oxygen atoms in total. The highest BCUT2D eigenvalue weighted by atomic mass is 16.5. The topological polar surface area (TPSA) is 67.8 Å². The first kappa shape index (κ1) is 17.2. The number of hydrogen-bond donors (Lipinski definition) is 2. The average molecular weight is 293 g/mol. The van der Waals surface area contributed by atoms with Gasteiger partial charge in [-0.2, -0.15) is 0 Å². The highest BCUT2D eigenvalue weighted by Crippen LogP contribution is 2.13. The number of amides is 1. The van der Waals surface area contributed by atoms with E-state index in [9.17, 15) is 9.90 Å². The normalized spacial score (nSPS) is 13.3. The van der Waals surface area contributed by atoms with Crippen LogP contribution in [0.15, 0.2) is 36.9 Å². The van der Waals surface area contributed by atoms with E-state index in [4.69, 9.17) is 9.47 Å². The molecule has 1 aromatic carbocycles. The van der Waals surface area contributed by atoms with Crippen molar-refractivity contribution in [3.05, 3.63) is 42.5 Å². The third kappa shape index (κ3) is 6.42. The maximum atomic E-state index is 12.0. The minimum Gasteiger partial charge on any atom is -0.490 e. The second-order valence-electron chi connectivity index (χ2n) is 5.05. The zero-order valence-electron chi connectivity index (χ0n) is 12.6. The summed E-state index contributed by atoms with van der Waals surface area (Å²) in [5.41, 5.74) is -0.470. The van der Waals surface area contributed by atoms with Crippen LogP contribution in [-0.2, 0) is 4.74 Å². The molecule has 21 heavy (non-hydrogen) atoms. The van der Waals surface area contributed by atoms with Crippen molar-refractivity contribution in [2.24, 2.45) is 0 Å². The van der Waals surface area contributed by atoms with Crippen molar-refractivity contribution in [2.45, 2.75) is 18.9 Å². The van der Waals surface area contributed by atoms with E-state index in [2.05, 4.69) is 11.9 Å². The van der Waals surface area contributed by atoms with E-state index in [0.717, 1.165) is 0 Å². The average Bonchev–Trinajstić information content (AvgIpc) is 2.49. The lowest BCUT2D eigenvalue weighted by atomic mass is 10.0. The molecule has 0 radical (unpaired) electrons. The van der Waals surface area contributed by atoms with Crippen LogP contribution in [0.3, 0.4) is 0 Å². The van der Waals surface area contributed by atoms with E-state index in [0.29, 0.717) is 30.9 Å². The van der Waals surface area contributed by atoms with Crippen LogP contribution >= 0.6 is 0 Å². The second-order valence-corrected chi connectivity index (χ2v) is 5.05. The summed E-state index contributed by atoms with van der Waals surface area (Å²) >= 11 is 0. The first-order valence-corrected chi connectivity index (χ1v) is 6.82. The Morgan fingerprint density at radius 3 is 2.67 bits per heavy atom. The highest BCUT2D eigenvalue weighted by Gasteiger charge is 2.21. The maximum absolute atomic E-state index is 12.0.